The summed E-state index contributed by atoms with van der Waals surface area (Å²) < 4.78 is 19.7. The Hall–Kier alpha value is -3.64. The van der Waals surface area contributed by atoms with Crippen LogP contribution in [0.2, 0.25) is 0 Å². The van der Waals surface area contributed by atoms with Gasteiger partial charge in [-0.1, -0.05) is 59.8 Å². The van der Waals surface area contributed by atoms with Gasteiger partial charge in [0.1, 0.15) is 12.1 Å². The Labute approximate surface area is 199 Å². The van der Waals surface area contributed by atoms with Gasteiger partial charge in [0.15, 0.2) is 0 Å². The highest BCUT2D eigenvalue weighted by molar-refractivity contribution is 5.55. The van der Waals surface area contributed by atoms with Crippen molar-refractivity contribution in [3.05, 3.63) is 106 Å². The van der Waals surface area contributed by atoms with Crippen LogP contribution in [0.1, 0.15) is 46.0 Å². The van der Waals surface area contributed by atoms with Crippen LogP contribution in [0, 0.1) is 19.7 Å². The molecular formula is C28H28FN3O2. The number of aromatic nitrogens is 2. The van der Waals surface area contributed by atoms with E-state index in [-0.39, 0.29) is 11.7 Å². The maximum absolute atomic E-state index is 14.0. The molecule has 0 aliphatic heterocycles. The molecule has 174 valence electrons. The quantitative estimate of drug-likeness (QED) is 0.250. The lowest BCUT2D eigenvalue weighted by Crippen LogP contribution is -2.14. The molecule has 1 heterocycles. The Morgan fingerprint density at radius 1 is 1.00 bits per heavy atom. The van der Waals surface area contributed by atoms with E-state index in [1.54, 1.807) is 6.07 Å². The lowest BCUT2D eigenvalue weighted by molar-refractivity contribution is -0.107. The molecule has 0 radical (unpaired) electrons. The largest absolute Gasteiger partial charge is 0.338 e. The molecule has 4 aromatic rings. The average molecular weight is 458 g/mol. The van der Waals surface area contributed by atoms with Crippen molar-refractivity contribution in [2.75, 3.05) is 6.54 Å². The zero-order valence-corrected chi connectivity index (χ0v) is 19.4. The topological polar surface area (TPSA) is 68.0 Å². The normalized spacial score (nSPS) is 12.0. The minimum Gasteiger partial charge on any atom is -0.338 e. The van der Waals surface area contributed by atoms with E-state index in [1.807, 2.05) is 30.3 Å². The standard InChI is InChI=1S/C28H28FN3O2/c1-19-7-8-22(15-20(19)2)16-26(24-5-3-6-25(29)17-24)28-31-27(32-34-28)23-11-9-21(10-12-23)18-30-13-4-14-33/h3,5-12,14-15,17,26,30H,4,13,16,18H2,1-2H3. The van der Waals surface area contributed by atoms with Gasteiger partial charge in [0, 0.05) is 25.1 Å². The van der Waals surface area contributed by atoms with E-state index in [1.165, 1.54) is 23.3 Å². The summed E-state index contributed by atoms with van der Waals surface area (Å²) in [6.07, 6.45) is 2.02. The fourth-order valence-corrected chi connectivity index (χ4v) is 3.90. The Morgan fingerprint density at radius 2 is 1.79 bits per heavy atom. The van der Waals surface area contributed by atoms with Crippen molar-refractivity contribution in [2.45, 2.75) is 39.2 Å². The summed E-state index contributed by atoms with van der Waals surface area (Å²) in [6, 6.07) is 20.8. The minimum absolute atomic E-state index is 0.264. The molecule has 0 fully saturated rings. The summed E-state index contributed by atoms with van der Waals surface area (Å²) in [5, 5.41) is 7.43. The Kier molecular flexibility index (Phi) is 7.60. The fraction of sp³-hybridized carbons (Fsp3) is 0.250. The number of carbonyl (C=O) groups excluding carboxylic acids is 1. The van der Waals surface area contributed by atoms with Crippen molar-refractivity contribution >= 4 is 6.29 Å². The van der Waals surface area contributed by atoms with E-state index in [9.17, 15) is 9.18 Å². The minimum atomic E-state index is -0.292. The van der Waals surface area contributed by atoms with Crippen LogP contribution < -0.4 is 5.32 Å². The first-order chi connectivity index (χ1) is 16.5. The van der Waals surface area contributed by atoms with Crippen molar-refractivity contribution in [3.8, 4) is 11.4 Å². The third kappa shape index (κ3) is 5.83. The van der Waals surface area contributed by atoms with E-state index < -0.39 is 0 Å². The van der Waals surface area contributed by atoms with Crippen LogP contribution in [0.4, 0.5) is 4.39 Å². The number of rotatable bonds is 10. The Bertz CT molecular complexity index is 1250. The summed E-state index contributed by atoms with van der Waals surface area (Å²) in [7, 11) is 0. The molecule has 1 unspecified atom stereocenters. The highest BCUT2D eigenvalue weighted by Gasteiger charge is 2.23. The molecule has 34 heavy (non-hydrogen) atoms. The van der Waals surface area contributed by atoms with Crippen LogP contribution in [-0.4, -0.2) is 23.0 Å². The van der Waals surface area contributed by atoms with E-state index in [4.69, 9.17) is 4.52 Å². The van der Waals surface area contributed by atoms with E-state index in [2.05, 4.69) is 47.5 Å². The van der Waals surface area contributed by atoms with Crippen molar-refractivity contribution < 1.29 is 13.7 Å². The molecule has 1 aromatic heterocycles. The van der Waals surface area contributed by atoms with Gasteiger partial charge in [-0.3, -0.25) is 0 Å². The third-order valence-corrected chi connectivity index (χ3v) is 5.98. The third-order valence-electron chi connectivity index (χ3n) is 5.98. The molecule has 5 nitrogen and oxygen atoms in total. The van der Waals surface area contributed by atoms with Crippen LogP contribution >= 0.6 is 0 Å². The number of nitrogens with zero attached hydrogens (tertiary/aromatic N) is 2. The van der Waals surface area contributed by atoms with Crippen molar-refractivity contribution in [1.29, 1.82) is 0 Å². The lowest BCUT2D eigenvalue weighted by Gasteiger charge is -2.14. The number of hydrogen-bond donors (Lipinski definition) is 1. The van der Waals surface area contributed by atoms with Gasteiger partial charge >= 0.3 is 0 Å². The fourth-order valence-electron chi connectivity index (χ4n) is 3.90. The van der Waals surface area contributed by atoms with Crippen LogP contribution in [0.5, 0.6) is 0 Å². The first kappa shape index (κ1) is 23.5. The molecule has 3 aromatic carbocycles. The SMILES string of the molecule is Cc1ccc(CC(c2cccc(F)c2)c2nc(-c3ccc(CNCCC=O)cc3)no2)cc1C. The maximum atomic E-state index is 14.0. The summed E-state index contributed by atoms with van der Waals surface area (Å²) in [5.41, 5.74) is 6.31. The van der Waals surface area contributed by atoms with E-state index >= 15 is 0 Å². The number of carbonyl (C=O) groups is 1. The molecular weight excluding hydrogens is 429 g/mol. The van der Waals surface area contributed by atoms with Crippen molar-refractivity contribution in [1.82, 2.24) is 15.5 Å². The van der Waals surface area contributed by atoms with E-state index in [0.29, 0.717) is 37.6 Å². The summed E-state index contributed by atoms with van der Waals surface area (Å²) in [5.74, 6) is 0.399. The van der Waals surface area contributed by atoms with Crippen molar-refractivity contribution in [2.24, 2.45) is 0 Å². The highest BCUT2D eigenvalue weighted by Crippen LogP contribution is 2.30. The molecule has 0 bridgehead atoms. The molecule has 6 heteroatoms. The molecule has 0 aliphatic carbocycles. The second kappa shape index (κ2) is 11.0. The van der Waals surface area contributed by atoms with Gasteiger partial charge < -0.3 is 14.6 Å². The van der Waals surface area contributed by atoms with Gasteiger partial charge in [0.25, 0.3) is 0 Å². The molecule has 4 rings (SSSR count). The predicted molar refractivity (Wildman–Crippen MR) is 130 cm³/mol. The molecule has 0 saturated heterocycles. The number of benzene rings is 3. The second-order valence-corrected chi connectivity index (χ2v) is 8.52. The first-order valence-corrected chi connectivity index (χ1v) is 11.4. The predicted octanol–water partition coefficient (Wildman–Crippen LogP) is 5.55. The molecule has 0 amide bonds. The second-order valence-electron chi connectivity index (χ2n) is 8.52. The van der Waals surface area contributed by atoms with Gasteiger partial charge in [-0.05, 0) is 60.2 Å². The van der Waals surface area contributed by atoms with Gasteiger partial charge in [-0.2, -0.15) is 4.98 Å². The highest BCUT2D eigenvalue weighted by atomic mass is 19.1. The van der Waals surface area contributed by atoms with Crippen molar-refractivity contribution in [3.63, 3.8) is 0 Å². The zero-order valence-electron chi connectivity index (χ0n) is 19.4. The van der Waals surface area contributed by atoms with Gasteiger partial charge in [0.2, 0.25) is 11.7 Å². The van der Waals surface area contributed by atoms with Crippen LogP contribution in [0.15, 0.2) is 71.3 Å². The van der Waals surface area contributed by atoms with Gasteiger partial charge in [-0.15, -0.1) is 0 Å². The van der Waals surface area contributed by atoms with Gasteiger partial charge in [-0.25, -0.2) is 4.39 Å². The smallest absolute Gasteiger partial charge is 0.234 e. The summed E-state index contributed by atoms with van der Waals surface area (Å²) in [4.78, 5) is 15.1. The van der Waals surface area contributed by atoms with Crippen LogP contribution in [0.3, 0.4) is 0 Å². The zero-order chi connectivity index (χ0) is 23.9. The summed E-state index contributed by atoms with van der Waals surface area (Å²) in [6.45, 7) is 5.51. The number of hydrogen-bond acceptors (Lipinski definition) is 5. The van der Waals surface area contributed by atoms with Crippen LogP contribution in [-0.2, 0) is 17.8 Å². The molecule has 0 aliphatic rings. The first-order valence-electron chi connectivity index (χ1n) is 11.4. The monoisotopic (exact) mass is 457 g/mol. The lowest BCUT2D eigenvalue weighted by atomic mass is 9.90. The molecule has 0 spiro atoms. The summed E-state index contributed by atoms with van der Waals surface area (Å²) >= 11 is 0. The Balaban J connectivity index is 1.57. The number of halogens is 1. The van der Waals surface area contributed by atoms with E-state index in [0.717, 1.165) is 28.5 Å². The number of aldehydes is 1. The average Bonchev–Trinajstić information content (AvgIpc) is 3.33. The maximum Gasteiger partial charge on any atom is 0.234 e. The molecule has 0 saturated carbocycles. The molecule has 1 N–H and O–H groups in total. The van der Waals surface area contributed by atoms with Crippen LogP contribution in [0.25, 0.3) is 11.4 Å². The molecule has 1 atom stereocenters. The van der Waals surface area contributed by atoms with Gasteiger partial charge in [0.05, 0.1) is 5.92 Å². The number of nitrogens with one attached hydrogen (secondary N) is 1. The Morgan fingerprint density at radius 3 is 2.53 bits per heavy atom. The number of aryl methyl sites for hydroxylation is 2.